The Labute approximate surface area is 254 Å². The summed E-state index contributed by atoms with van der Waals surface area (Å²) in [5.74, 6) is -1.19. The number of imidazole rings is 1. The van der Waals surface area contributed by atoms with Gasteiger partial charge in [0, 0.05) is 63.3 Å². The lowest BCUT2D eigenvalue weighted by molar-refractivity contribution is -0.141. The van der Waals surface area contributed by atoms with E-state index in [0.29, 0.717) is 47.7 Å². The lowest BCUT2D eigenvalue weighted by Crippen LogP contribution is -2.54. The second-order valence-corrected chi connectivity index (χ2v) is 10.9. The van der Waals surface area contributed by atoms with E-state index in [9.17, 15) is 36.3 Å². The molecule has 3 aromatic rings. The largest absolute Gasteiger partial charge is 0.435 e. The van der Waals surface area contributed by atoms with Gasteiger partial charge in [-0.3, -0.25) is 14.3 Å². The number of rotatable bonds is 7. The smallest absolute Gasteiger partial charge is 0.335 e. The number of hydrogen-bond donors (Lipinski definition) is 3. The van der Waals surface area contributed by atoms with Crippen molar-refractivity contribution < 1.29 is 36.3 Å². The van der Waals surface area contributed by atoms with Crippen LogP contribution in [-0.2, 0) is 19.8 Å². The van der Waals surface area contributed by atoms with Gasteiger partial charge in [0.15, 0.2) is 11.5 Å². The summed E-state index contributed by atoms with van der Waals surface area (Å²) in [6.45, 7) is 3.81. The minimum absolute atomic E-state index is 0.102. The van der Waals surface area contributed by atoms with Gasteiger partial charge in [0.1, 0.15) is 6.54 Å². The van der Waals surface area contributed by atoms with Crippen LogP contribution < -0.4 is 16.0 Å². The molecule has 0 bridgehead atoms. The Bertz CT molecular complexity index is 1570. The average molecular weight is 638 g/mol. The number of piperazine rings is 1. The molecule has 0 radical (unpaired) electrons. The third-order valence-corrected chi connectivity index (χ3v) is 7.78. The minimum atomic E-state index is -4.93. The van der Waals surface area contributed by atoms with Gasteiger partial charge in [-0.1, -0.05) is 0 Å². The van der Waals surface area contributed by atoms with Gasteiger partial charge in [-0.25, -0.2) is 18.6 Å². The quantitative estimate of drug-likeness (QED) is 0.342. The standard InChI is InChI=1S/C28H32F5N9O3/c1-16-11-17(3-4-19(16)26(44)40-7-9-41(10-8-40)27(45)37-18-5-6-34-12-18)36-25(43)24-35-13-21(39(24)2)20-14-42(15-22(29)30)38-23(20)28(31,32)33/h3-4,11,13-14,18,22,34H,5-10,12,15H2,1-2H3,(H,36,43)(H,37,45)/t18-/m0/s1. The first-order valence-electron chi connectivity index (χ1n) is 14.2. The maximum atomic E-state index is 13.6. The van der Waals surface area contributed by atoms with E-state index in [0.717, 1.165) is 36.5 Å². The van der Waals surface area contributed by atoms with Crippen LogP contribution in [-0.4, -0.2) is 98.7 Å². The first-order valence-corrected chi connectivity index (χ1v) is 14.2. The molecule has 12 nitrogen and oxygen atoms in total. The van der Waals surface area contributed by atoms with E-state index in [1.807, 2.05) is 0 Å². The third-order valence-electron chi connectivity index (χ3n) is 7.78. The molecule has 2 fully saturated rings. The number of aryl methyl sites for hydroxylation is 1. The Hall–Kier alpha value is -4.54. The Kier molecular flexibility index (Phi) is 9.08. The van der Waals surface area contributed by atoms with E-state index in [4.69, 9.17) is 0 Å². The molecule has 17 heteroatoms. The summed E-state index contributed by atoms with van der Waals surface area (Å²) in [5, 5.41) is 12.1. The number of hydrogen-bond acceptors (Lipinski definition) is 6. The molecule has 1 atom stereocenters. The zero-order valence-electron chi connectivity index (χ0n) is 24.5. The van der Waals surface area contributed by atoms with Crippen molar-refractivity contribution in [3.63, 3.8) is 0 Å². The van der Waals surface area contributed by atoms with Gasteiger partial charge in [-0.05, 0) is 43.7 Å². The first-order chi connectivity index (χ1) is 21.3. The second kappa shape index (κ2) is 12.8. The Balaban J connectivity index is 1.23. The molecule has 2 aromatic heterocycles. The molecule has 4 heterocycles. The molecule has 2 aliphatic heterocycles. The Morgan fingerprint density at radius 1 is 1.11 bits per heavy atom. The average Bonchev–Trinajstić information content (AvgIpc) is 3.72. The van der Waals surface area contributed by atoms with Crippen molar-refractivity contribution in [2.75, 3.05) is 44.6 Å². The van der Waals surface area contributed by atoms with Crippen LogP contribution in [0.2, 0.25) is 0 Å². The summed E-state index contributed by atoms with van der Waals surface area (Å²) in [5.41, 5.74) is -0.694. The van der Waals surface area contributed by atoms with Gasteiger partial charge < -0.3 is 30.3 Å². The molecular formula is C28H32F5N9O3. The molecular weight excluding hydrogens is 605 g/mol. The lowest BCUT2D eigenvalue weighted by atomic mass is 10.1. The number of alkyl halides is 5. The molecule has 45 heavy (non-hydrogen) atoms. The second-order valence-electron chi connectivity index (χ2n) is 10.9. The van der Waals surface area contributed by atoms with E-state index in [-0.39, 0.29) is 29.5 Å². The fourth-order valence-electron chi connectivity index (χ4n) is 5.42. The fraction of sp³-hybridized carbons (Fsp3) is 0.464. The molecule has 0 unspecified atom stereocenters. The molecule has 5 rings (SSSR count). The molecule has 0 aliphatic carbocycles. The van der Waals surface area contributed by atoms with Gasteiger partial charge in [-0.2, -0.15) is 18.3 Å². The number of amides is 4. The van der Waals surface area contributed by atoms with E-state index >= 15 is 0 Å². The molecule has 0 spiro atoms. The van der Waals surface area contributed by atoms with Crippen molar-refractivity contribution in [1.29, 1.82) is 0 Å². The molecule has 3 N–H and O–H groups in total. The number of aromatic nitrogens is 4. The van der Waals surface area contributed by atoms with E-state index in [1.165, 1.54) is 13.1 Å². The first kappa shape index (κ1) is 31.9. The molecule has 2 saturated heterocycles. The number of urea groups is 1. The van der Waals surface area contributed by atoms with Crippen LogP contribution >= 0.6 is 0 Å². The number of nitrogens with one attached hydrogen (secondary N) is 3. The number of carbonyl (C=O) groups is 3. The summed E-state index contributed by atoms with van der Waals surface area (Å²) in [6, 6.07) is 4.64. The zero-order chi connectivity index (χ0) is 32.5. The van der Waals surface area contributed by atoms with Crippen molar-refractivity contribution in [2.45, 2.75) is 38.5 Å². The van der Waals surface area contributed by atoms with E-state index in [1.54, 1.807) is 28.9 Å². The van der Waals surface area contributed by atoms with Crippen LogP contribution in [0.1, 0.15) is 38.7 Å². The van der Waals surface area contributed by atoms with Gasteiger partial charge in [0.2, 0.25) is 0 Å². The predicted molar refractivity (Wildman–Crippen MR) is 152 cm³/mol. The lowest BCUT2D eigenvalue weighted by Gasteiger charge is -2.35. The maximum Gasteiger partial charge on any atom is 0.435 e. The highest BCUT2D eigenvalue weighted by Gasteiger charge is 2.39. The van der Waals surface area contributed by atoms with Crippen molar-refractivity contribution in [2.24, 2.45) is 7.05 Å². The number of anilines is 1. The van der Waals surface area contributed by atoms with Crippen LogP contribution in [0.5, 0.6) is 0 Å². The summed E-state index contributed by atoms with van der Waals surface area (Å²) >= 11 is 0. The molecule has 1 aromatic carbocycles. The molecule has 0 saturated carbocycles. The highest BCUT2D eigenvalue weighted by molar-refractivity contribution is 6.03. The van der Waals surface area contributed by atoms with Crippen LogP contribution in [0.25, 0.3) is 11.3 Å². The third kappa shape index (κ3) is 7.08. The van der Waals surface area contributed by atoms with Crippen LogP contribution in [0.4, 0.5) is 32.4 Å². The Morgan fingerprint density at radius 2 is 1.82 bits per heavy atom. The minimum Gasteiger partial charge on any atom is -0.335 e. The van der Waals surface area contributed by atoms with Crippen molar-refractivity contribution >= 4 is 23.5 Å². The van der Waals surface area contributed by atoms with Crippen molar-refractivity contribution in [1.82, 2.24) is 39.8 Å². The summed E-state index contributed by atoms with van der Waals surface area (Å²) in [4.78, 5) is 46.1. The SMILES string of the molecule is Cc1cc(NC(=O)c2ncc(-c3cn(CC(F)F)nc3C(F)(F)F)n2C)ccc1C(=O)N1CCN(C(=O)N[C@H]2CCNC2)CC1. The highest BCUT2D eigenvalue weighted by Crippen LogP contribution is 2.36. The monoisotopic (exact) mass is 637 g/mol. The van der Waals surface area contributed by atoms with Gasteiger partial charge in [-0.15, -0.1) is 0 Å². The molecule has 2 aliphatic rings. The van der Waals surface area contributed by atoms with Crippen molar-refractivity contribution in [3.05, 3.63) is 53.2 Å². The van der Waals surface area contributed by atoms with Gasteiger partial charge in [0.05, 0.1) is 17.5 Å². The number of carbonyl (C=O) groups excluding carboxylic acids is 3. The Morgan fingerprint density at radius 3 is 2.44 bits per heavy atom. The van der Waals surface area contributed by atoms with Gasteiger partial charge in [0.25, 0.3) is 18.2 Å². The number of halogens is 5. The van der Waals surface area contributed by atoms with Crippen LogP contribution in [0, 0.1) is 6.92 Å². The van der Waals surface area contributed by atoms with E-state index < -0.39 is 36.3 Å². The topological polar surface area (TPSA) is 129 Å². The summed E-state index contributed by atoms with van der Waals surface area (Å²) < 4.78 is 68.1. The summed E-state index contributed by atoms with van der Waals surface area (Å²) in [6.07, 6.45) is -5.09. The molecule has 4 amide bonds. The zero-order valence-corrected chi connectivity index (χ0v) is 24.5. The predicted octanol–water partition coefficient (Wildman–Crippen LogP) is 2.96. The number of nitrogens with zero attached hydrogens (tertiary/aromatic N) is 6. The van der Waals surface area contributed by atoms with Crippen LogP contribution in [0.15, 0.2) is 30.6 Å². The van der Waals surface area contributed by atoms with Gasteiger partial charge >= 0.3 is 12.2 Å². The van der Waals surface area contributed by atoms with Crippen molar-refractivity contribution in [3.8, 4) is 11.3 Å². The van der Waals surface area contributed by atoms with Crippen LogP contribution in [0.3, 0.4) is 0 Å². The maximum absolute atomic E-state index is 13.6. The normalized spacial score (nSPS) is 17.2. The highest BCUT2D eigenvalue weighted by atomic mass is 19.4. The fourth-order valence-corrected chi connectivity index (χ4v) is 5.42. The number of benzene rings is 1. The summed E-state index contributed by atoms with van der Waals surface area (Å²) in [7, 11) is 1.32. The molecule has 242 valence electrons. The van der Waals surface area contributed by atoms with E-state index in [2.05, 4.69) is 26.0 Å².